The summed E-state index contributed by atoms with van der Waals surface area (Å²) >= 11 is 1.38. The summed E-state index contributed by atoms with van der Waals surface area (Å²) in [4.78, 5) is 13.1. The maximum Gasteiger partial charge on any atom is 0.307 e. The van der Waals surface area contributed by atoms with Crippen molar-refractivity contribution < 1.29 is 0 Å². The summed E-state index contributed by atoms with van der Waals surface area (Å²) in [6, 6.07) is 0. The van der Waals surface area contributed by atoms with E-state index >= 15 is 0 Å². The molecule has 0 aromatic carbocycles. The van der Waals surface area contributed by atoms with E-state index in [1.807, 2.05) is 11.5 Å². The Morgan fingerprint density at radius 1 is 1.38 bits per heavy atom. The molecular weight excluding hydrogens is 220 g/mol. The van der Waals surface area contributed by atoms with Gasteiger partial charge >= 0.3 is 4.87 Å². The minimum Gasteiger partial charge on any atom is -0.317 e. The van der Waals surface area contributed by atoms with E-state index in [9.17, 15) is 4.79 Å². The van der Waals surface area contributed by atoms with Crippen LogP contribution in [0.25, 0.3) is 0 Å². The van der Waals surface area contributed by atoms with Crippen molar-refractivity contribution in [2.45, 2.75) is 39.7 Å². The second-order valence-corrected chi connectivity index (χ2v) is 5.81. The molecule has 0 aliphatic carbocycles. The highest BCUT2D eigenvalue weighted by Gasteiger charge is 2.14. The molecule has 0 saturated carbocycles. The zero-order chi connectivity index (χ0) is 11.5. The molecule has 1 aliphatic rings. The van der Waals surface area contributed by atoms with Gasteiger partial charge in [-0.15, -0.1) is 0 Å². The van der Waals surface area contributed by atoms with Gasteiger partial charge < -0.3 is 9.88 Å². The molecule has 1 aromatic rings. The van der Waals surface area contributed by atoms with Gasteiger partial charge in [0.2, 0.25) is 0 Å². The average molecular weight is 240 g/mol. The van der Waals surface area contributed by atoms with Crippen LogP contribution in [0, 0.1) is 19.8 Å². The van der Waals surface area contributed by atoms with Crippen molar-refractivity contribution in [2.24, 2.45) is 5.92 Å². The van der Waals surface area contributed by atoms with Crippen LogP contribution >= 0.6 is 11.3 Å². The van der Waals surface area contributed by atoms with Crippen molar-refractivity contribution >= 4 is 11.3 Å². The van der Waals surface area contributed by atoms with Crippen molar-refractivity contribution in [1.29, 1.82) is 0 Å². The number of piperidine rings is 1. The van der Waals surface area contributed by atoms with Gasteiger partial charge in [0.05, 0.1) is 0 Å². The number of thiazole rings is 1. The van der Waals surface area contributed by atoms with Gasteiger partial charge in [0.25, 0.3) is 0 Å². The number of nitrogens with one attached hydrogen (secondary N) is 1. The maximum absolute atomic E-state index is 11.7. The Hall–Kier alpha value is -0.610. The molecule has 2 rings (SSSR count). The van der Waals surface area contributed by atoms with Gasteiger partial charge in [-0.1, -0.05) is 11.3 Å². The standard InChI is InChI=1S/C12H20N2OS/c1-9-10(2)16-12(15)14(9)8-5-11-3-6-13-7-4-11/h11,13H,3-8H2,1-2H3. The largest absolute Gasteiger partial charge is 0.317 e. The van der Waals surface area contributed by atoms with E-state index in [1.165, 1.54) is 24.2 Å². The molecule has 16 heavy (non-hydrogen) atoms. The Labute approximate surface area is 100 Å². The van der Waals surface area contributed by atoms with Gasteiger partial charge in [0.1, 0.15) is 0 Å². The lowest BCUT2D eigenvalue weighted by Gasteiger charge is -2.22. The number of hydrogen-bond donors (Lipinski definition) is 1. The van der Waals surface area contributed by atoms with Crippen LogP contribution in [0.2, 0.25) is 0 Å². The van der Waals surface area contributed by atoms with E-state index in [2.05, 4.69) is 12.2 Å². The lowest BCUT2D eigenvalue weighted by Crippen LogP contribution is -2.29. The molecule has 0 radical (unpaired) electrons. The van der Waals surface area contributed by atoms with Gasteiger partial charge in [-0.25, -0.2) is 0 Å². The molecule has 0 spiro atoms. The molecule has 2 heterocycles. The van der Waals surface area contributed by atoms with Gasteiger partial charge in [-0.2, -0.15) is 0 Å². The van der Waals surface area contributed by atoms with Gasteiger partial charge in [-0.05, 0) is 52.1 Å². The van der Waals surface area contributed by atoms with Crippen LogP contribution < -0.4 is 10.2 Å². The van der Waals surface area contributed by atoms with Crippen LogP contribution in [0.5, 0.6) is 0 Å². The molecule has 1 N–H and O–H groups in total. The fraction of sp³-hybridized carbons (Fsp3) is 0.750. The molecule has 1 saturated heterocycles. The summed E-state index contributed by atoms with van der Waals surface area (Å²) < 4.78 is 1.95. The van der Waals surface area contributed by atoms with Crippen LogP contribution in [0.15, 0.2) is 4.79 Å². The predicted octanol–water partition coefficient (Wildman–Crippen LogP) is 1.92. The zero-order valence-corrected chi connectivity index (χ0v) is 10.9. The van der Waals surface area contributed by atoms with Gasteiger partial charge in [0.15, 0.2) is 0 Å². The predicted molar refractivity (Wildman–Crippen MR) is 68.3 cm³/mol. The molecule has 0 atom stereocenters. The monoisotopic (exact) mass is 240 g/mol. The molecule has 1 aliphatic heterocycles. The summed E-state index contributed by atoms with van der Waals surface area (Å²) in [5.74, 6) is 0.799. The zero-order valence-electron chi connectivity index (χ0n) is 10.1. The Bertz CT molecular complexity index is 402. The van der Waals surface area contributed by atoms with Crippen LogP contribution in [-0.4, -0.2) is 17.7 Å². The second kappa shape index (κ2) is 5.15. The minimum absolute atomic E-state index is 0.212. The first-order chi connectivity index (χ1) is 7.68. The third-order valence-corrected chi connectivity index (χ3v) is 4.59. The van der Waals surface area contributed by atoms with E-state index in [-0.39, 0.29) is 4.87 Å². The number of aryl methyl sites for hydroxylation is 1. The van der Waals surface area contributed by atoms with Crippen molar-refractivity contribution in [2.75, 3.05) is 13.1 Å². The molecule has 1 aromatic heterocycles. The van der Waals surface area contributed by atoms with Crippen molar-refractivity contribution in [3.05, 3.63) is 20.2 Å². The summed E-state index contributed by atoms with van der Waals surface area (Å²) in [5, 5.41) is 3.37. The third kappa shape index (κ3) is 2.55. The van der Waals surface area contributed by atoms with E-state index in [0.717, 1.165) is 42.5 Å². The Balaban J connectivity index is 1.96. The van der Waals surface area contributed by atoms with Crippen LogP contribution in [-0.2, 0) is 6.54 Å². The highest BCUT2D eigenvalue weighted by Crippen LogP contribution is 2.18. The molecule has 0 bridgehead atoms. The van der Waals surface area contributed by atoms with E-state index in [0.29, 0.717) is 0 Å². The lowest BCUT2D eigenvalue weighted by atomic mass is 9.95. The van der Waals surface area contributed by atoms with Crippen molar-refractivity contribution in [3.8, 4) is 0 Å². The van der Waals surface area contributed by atoms with Crippen LogP contribution in [0.3, 0.4) is 0 Å². The fourth-order valence-corrected chi connectivity index (χ4v) is 3.19. The SMILES string of the molecule is Cc1sc(=O)n(CCC2CCNCC2)c1C. The molecule has 0 amide bonds. The first kappa shape index (κ1) is 11.9. The minimum atomic E-state index is 0.212. The first-order valence-corrected chi connectivity index (χ1v) is 6.87. The fourth-order valence-electron chi connectivity index (χ4n) is 2.33. The molecule has 4 heteroatoms. The summed E-state index contributed by atoms with van der Waals surface area (Å²) in [6.07, 6.45) is 3.67. The van der Waals surface area contributed by atoms with Gasteiger partial charge in [-0.3, -0.25) is 4.79 Å². The first-order valence-electron chi connectivity index (χ1n) is 6.06. The lowest BCUT2D eigenvalue weighted by molar-refractivity contribution is 0.336. The van der Waals surface area contributed by atoms with Crippen LogP contribution in [0.1, 0.15) is 29.8 Å². The molecule has 1 fully saturated rings. The summed E-state index contributed by atoms with van der Waals surface area (Å²) in [5.41, 5.74) is 1.16. The topological polar surface area (TPSA) is 34.0 Å². The van der Waals surface area contributed by atoms with Crippen LogP contribution in [0.4, 0.5) is 0 Å². The molecule has 3 nitrogen and oxygen atoms in total. The smallest absolute Gasteiger partial charge is 0.307 e. The highest BCUT2D eigenvalue weighted by atomic mass is 32.1. The normalized spacial score (nSPS) is 17.9. The average Bonchev–Trinajstić information content (AvgIpc) is 2.53. The Morgan fingerprint density at radius 2 is 2.06 bits per heavy atom. The van der Waals surface area contributed by atoms with Crippen molar-refractivity contribution in [1.82, 2.24) is 9.88 Å². The van der Waals surface area contributed by atoms with E-state index in [4.69, 9.17) is 0 Å². The quantitative estimate of drug-likeness (QED) is 0.876. The Morgan fingerprint density at radius 3 is 2.62 bits per heavy atom. The van der Waals surface area contributed by atoms with Crippen molar-refractivity contribution in [3.63, 3.8) is 0 Å². The molecule has 0 unspecified atom stereocenters. The second-order valence-electron chi connectivity index (χ2n) is 4.64. The number of nitrogens with zero attached hydrogens (tertiary/aromatic N) is 1. The van der Waals surface area contributed by atoms with Gasteiger partial charge in [0, 0.05) is 17.1 Å². The van der Waals surface area contributed by atoms with E-state index in [1.54, 1.807) is 0 Å². The summed E-state index contributed by atoms with van der Waals surface area (Å²) in [7, 11) is 0. The number of aromatic nitrogens is 1. The molecular formula is C12H20N2OS. The van der Waals surface area contributed by atoms with E-state index < -0.39 is 0 Å². The summed E-state index contributed by atoms with van der Waals surface area (Å²) in [6.45, 7) is 7.26. The maximum atomic E-state index is 11.7. The number of hydrogen-bond acceptors (Lipinski definition) is 3. The third-order valence-electron chi connectivity index (χ3n) is 3.59. The highest BCUT2D eigenvalue weighted by molar-refractivity contribution is 7.09. The Kier molecular flexibility index (Phi) is 3.82. The molecule has 90 valence electrons. The number of rotatable bonds is 3.